The summed E-state index contributed by atoms with van der Waals surface area (Å²) in [6.45, 7) is 2.18. The molecule has 1 aromatic carbocycles. The molecule has 1 N–H and O–H groups in total. The van der Waals surface area contributed by atoms with Gasteiger partial charge in [-0.15, -0.1) is 0 Å². The summed E-state index contributed by atoms with van der Waals surface area (Å²) in [6, 6.07) is 10.2. The summed E-state index contributed by atoms with van der Waals surface area (Å²) in [5.41, 5.74) is 0.752. The molecule has 0 saturated carbocycles. The maximum Gasteiger partial charge on any atom is 0.274 e. The molecule has 0 saturated heterocycles. The highest BCUT2D eigenvalue weighted by Gasteiger charge is 2.19. The minimum Gasteiger partial charge on any atom is -0.383 e. The van der Waals surface area contributed by atoms with Gasteiger partial charge in [-0.25, -0.2) is 4.98 Å². The molecule has 152 valence electrons. The second kappa shape index (κ2) is 9.06. The summed E-state index contributed by atoms with van der Waals surface area (Å²) in [7, 11) is 3.29. The molecule has 2 amide bonds. The zero-order valence-corrected chi connectivity index (χ0v) is 17.2. The summed E-state index contributed by atoms with van der Waals surface area (Å²) in [5, 5.41) is 3.27. The van der Waals surface area contributed by atoms with Gasteiger partial charge in [-0.05, 0) is 31.2 Å². The summed E-state index contributed by atoms with van der Waals surface area (Å²) in [4.78, 5) is 42.0. The Morgan fingerprint density at radius 3 is 2.69 bits per heavy atom. The van der Waals surface area contributed by atoms with Crippen LogP contribution >= 0.6 is 11.8 Å². The van der Waals surface area contributed by atoms with E-state index in [0.29, 0.717) is 28.4 Å². The van der Waals surface area contributed by atoms with Crippen LogP contribution in [-0.4, -0.2) is 45.4 Å². The Kier molecular flexibility index (Phi) is 6.50. The van der Waals surface area contributed by atoms with Gasteiger partial charge in [-0.3, -0.25) is 24.3 Å². The zero-order valence-electron chi connectivity index (χ0n) is 16.4. The summed E-state index contributed by atoms with van der Waals surface area (Å²) >= 11 is 1.11. The topological polar surface area (TPSA) is 95.2 Å². The van der Waals surface area contributed by atoms with E-state index in [1.807, 2.05) is 6.92 Å². The first-order valence-electron chi connectivity index (χ1n) is 9.01. The Morgan fingerprint density at radius 2 is 2.00 bits per heavy atom. The van der Waals surface area contributed by atoms with Crippen LogP contribution in [0, 0.1) is 0 Å². The predicted octanol–water partition coefficient (Wildman–Crippen LogP) is 1.99. The van der Waals surface area contributed by atoms with Gasteiger partial charge in [0.15, 0.2) is 5.16 Å². The lowest BCUT2D eigenvalue weighted by atomic mass is 10.2. The quantitative estimate of drug-likeness (QED) is 0.469. The number of amides is 2. The number of carbonyl (C=O) groups is 2. The van der Waals surface area contributed by atoms with E-state index in [0.717, 1.165) is 11.8 Å². The highest BCUT2D eigenvalue weighted by molar-refractivity contribution is 7.99. The number of imide groups is 1. The molecule has 8 nitrogen and oxygen atoms in total. The van der Waals surface area contributed by atoms with E-state index in [-0.39, 0.29) is 17.4 Å². The van der Waals surface area contributed by atoms with Crippen molar-refractivity contribution in [1.82, 2.24) is 19.4 Å². The predicted molar refractivity (Wildman–Crippen MR) is 111 cm³/mol. The maximum absolute atomic E-state index is 13.0. The zero-order chi connectivity index (χ0) is 21.0. The van der Waals surface area contributed by atoms with Gasteiger partial charge in [0.1, 0.15) is 5.69 Å². The Hall–Kier alpha value is -2.91. The molecular weight excluding hydrogens is 392 g/mol. The number of fused-ring (bicyclic) bond motifs is 1. The summed E-state index contributed by atoms with van der Waals surface area (Å²) in [6.07, 6.45) is 1.73. The Labute approximate surface area is 171 Å². The van der Waals surface area contributed by atoms with Crippen LogP contribution in [0.4, 0.5) is 0 Å². The van der Waals surface area contributed by atoms with Crippen LogP contribution in [0.25, 0.3) is 10.9 Å². The van der Waals surface area contributed by atoms with Crippen molar-refractivity contribution in [3.63, 3.8) is 0 Å². The SMILES string of the molecule is COC[C@H](C)n1c(SCC(=O)NC(=O)c2cccn2C)nc2ccccc2c1=O. The first kappa shape index (κ1) is 20.8. The first-order chi connectivity index (χ1) is 13.9. The maximum atomic E-state index is 13.0. The number of carbonyl (C=O) groups excluding carboxylic acids is 2. The normalized spacial score (nSPS) is 12.1. The van der Waals surface area contributed by atoms with Crippen molar-refractivity contribution >= 4 is 34.5 Å². The fourth-order valence-corrected chi connectivity index (χ4v) is 3.88. The van der Waals surface area contributed by atoms with E-state index >= 15 is 0 Å². The number of benzene rings is 1. The fraction of sp³-hybridized carbons (Fsp3) is 0.300. The van der Waals surface area contributed by atoms with Gasteiger partial charge in [-0.2, -0.15) is 0 Å². The molecule has 29 heavy (non-hydrogen) atoms. The van der Waals surface area contributed by atoms with Gasteiger partial charge in [-0.1, -0.05) is 23.9 Å². The number of methoxy groups -OCH3 is 1. The molecule has 3 rings (SSSR count). The molecule has 0 aliphatic rings. The largest absolute Gasteiger partial charge is 0.383 e. The molecule has 0 fully saturated rings. The van der Waals surface area contributed by atoms with Crippen LogP contribution < -0.4 is 10.9 Å². The number of thioether (sulfide) groups is 1. The van der Waals surface area contributed by atoms with Gasteiger partial charge < -0.3 is 9.30 Å². The van der Waals surface area contributed by atoms with E-state index in [1.165, 1.54) is 4.57 Å². The third kappa shape index (κ3) is 4.57. The monoisotopic (exact) mass is 414 g/mol. The number of nitrogens with zero attached hydrogens (tertiary/aromatic N) is 3. The van der Waals surface area contributed by atoms with Crippen molar-refractivity contribution in [3.8, 4) is 0 Å². The summed E-state index contributed by atoms with van der Waals surface area (Å²) < 4.78 is 8.35. The number of hydrogen-bond acceptors (Lipinski definition) is 6. The standard InChI is InChI=1S/C20H22N4O4S/c1-13(11-28-3)24-19(27)14-7-4-5-8-15(14)21-20(24)29-12-17(25)22-18(26)16-9-6-10-23(16)2/h4-10,13H,11-12H2,1-3H3,(H,22,25,26)/t13-/m0/s1. The molecule has 2 heterocycles. The average molecular weight is 414 g/mol. The van der Waals surface area contributed by atoms with Crippen molar-refractivity contribution in [1.29, 1.82) is 0 Å². The van der Waals surface area contributed by atoms with Crippen LogP contribution in [-0.2, 0) is 16.6 Å². The van der Waals surface area contributed by atoms with Crippen LogP contribution in [0.15, 0.2) is 52.5 Å². The van der Waals surface area contributed by atoms with Crippen LogP contribution in [0.3, 0.4) is 0 Å². The van der Waals surface area contributed by atoms with Crippen molar-refractivity contribution in [2.75, 3.05) is 19.5 Å². The fourth-order valence-electron chi connectivity index (χ4n) is 2.99. The lowest BCUT2D eigenvalue weighted by Crippen LogP contribution is -2.33. The summed E-state index contributed by atoms with van der Waals surface area (Å²) in [5.74, 6) is -0.991. The molecule has 0 aliphatic heterocycles. The molecule has 0 bridgehead atoms. The Morgan fingerprint density at radius 1 is 1.24 bits per heavy atom. The highest BCUT2D eigenvalue weighted by Crippen LogP contribution is 2.21. The molecule has 0 radical (unpaired) electrons. The number of aryl methyl sites for hydroxylation is 1. The molecule has 1 atom stereocenters. The second-order valence-electron chi connectivity index (χ2n) is 6.56. The van der Waals surface area contributed by atoms with E-state index < -0.39 is 11.8 Å². The van der Waals surface area contributed by atoms with Gasteiger partial charge >= 0.3 is 0 Å². The van der Waals surface area contributed by atoms with E-state index in [2.05, 4.69) is 10.3 Å². The number of hydrogen-bond donors (Lipinski definition) is 1. The average Bonchev–Trinajstić information content (AvgIpc) is 3.12. The smallest absolute Gasteiger partial charge is 0.274 e. The number of nitrogens with one attached hydrogen (secondary N) is 1. The molecule has 0 spiro atoms. The third-order valence-electron chi connectivity index (χ3n) is 4.39. The molecule has 0 aliphatic carbocycles. The molecular formula is C20H22N4O4S. The van der Waals surface area contributed by atoms with Crippen molar-refractivity contribution < 1.29 is 14.3 Å². The van der Waals surface area contributed by atoms with Gasteiger partial charge in [0.2, 0.25) is 5.91 Å². The lowest BCUT2D eigenvalue weighted by Gasteiger charge is -2.18. The Bertz CT molecular complexity index is 1110. The molecule has 2 aromatic heterocycles. The van der Waals surface area contributed by atoms with E-state index in [1.54, 1.807) is 61.3 Å². The van der Waals surface area contributed by atoms with Gasteiger partial charge in [0.05, 0.1) is 29.3 Å². The van der Waals surface area contributed by atoms with E-state index in [9.17, 15) is 14.4 Å². The Balaban J connectivity index is 1.82. The number of para-hydroxylation sites is 1. The van der Waals surface area contributed by atoms with Crippen molar-refractivity contribution in [2.45, 2.75) is 18.1 Å². The van der Waals surface area contributed by atoms with Crippen LogP contribution in [0.5, 0.6) is 0 Å². The number of aromatic nitrogens is 3. The lowest BCUT2D eigenvalue weighted by molar-refractivity contribution is -0.117. The van der Waals surface area contributed by atoms with Gasteiger partial charge in [0.25, 0.3) is 11.5 Å². The number of ether oxygens (including phenoxy) is 1. The minimum atomic E-state index is -0.472. The molecule has 0 unspecified atom stereocenters. The molecule has 9 heteroatoms. The van der Waals surface area contributed by atoms with Gasteiger partial charge in [0, 0.05) is 20.4 Å². The van der Waals surface area contributed by atoms with E-state index in [4.69, 9.17) is 4.74 Å². The third-order valence-corrected chi connectivity index (χ3v) is 5.34. The van der Waals surface area contributed by atoms with Crippen molar-refractivity contribution in [3.05, 3.63) is 58.6 Å². The van der Waals surface area contributed by atoms with Crippen LogP contribution in [0.2, 0.25) is 0 Å². The van der Waals surface area contributed by atoms with Crippen LogP contribution in [0.1, 0.15) is 23.5 Å². The highest BCUT2D eigenvalue weighted by atomic mass is 32.2. The molecule has 3 aromatic rings. The minimum absolute atomic E-state index is 0.0549. The number of rotatable bonds is 7. The van der Waals surface area contributed by atoms with Crippen molar-refractivity contribution in [2.24, 2.45) is 7.05 Å². The first-order valence-corrected chi connectivity index (χ1v) is 9.99. The second-order valence-corrected chi connectivity index (χ2v) is 7.50.